The van der Waals surface area contributed by atoms with Gasteiger partial charge in [-0.15, -0.1) is 0 Å². The van der Waals surface area contributed by atoms with Crippen molar-refractivity contribution < 1.29 is 37.5 Å². The van der Waals surface area contributed by atoms with E-state index in [-0.39, 0.29) is 18.9 Å². The Kier molecular flexibility index (Phi) is 8.00. The van der Waals surface area contributed by atoms with Crippen LogP contribution in [0.15, 0.2) is 53.4 Å². The van der Waals surface area contributed by atoms with Gasteiger partial charge in [0.2, 0.25) is 0 Å². The maximum Gasteiger partial charge on any atom is 0.416 e. The molecule has 1 aliphatic carbocycles. The van der Waals surface area contributed by atoms with E-state index in [1.807, 2.05) is 0 Å². The predicted octanol–water partition coefficient (Wildman–Crippen LogP) is 6.16. The Morgan fingerprint density at radius 3 is 2.39 bits per heavy atom. The lowest BCUT2D eigenvalue weighted by molar-refractivity contribution is 0.0492. The molecule has 3 aromatic rings. The van der Waals surface area contributed by atoms with Crippen LogP contribution >= 0.6 is 0 Å². The minimum atomic E-state index is -0.761. The topological polar surface area (TPSA) is 136 Å². The van der Waals surface area contributed by atoms with E-state index in [1.165, 1.54) is 28.2 Å². The minimum Gasteiger partial charge on any atom is -0.444 e. The highest BCUT2D eigenvalue weighted by molar-refractivity contribution is 5.91. The van der Waals surface area contributed by atoms with Crippen molar-refractivity contribution in [2.75, 3.05) is 22.9 Å². The van der Waals surface area contributed by atoms with Crippen molar-refractivity contribution in [1.82, 2.24) is 15.5 Å². The molecule has 0 bridgehead atoms. The van der Waals surface area contributed by atoms with Gasteiger partial charge in [0.05, 0.1) is 30.0 Å². The van der Waals surface area contributed by atoms with Crippen LogP contribution in [0.2, 0.25) is 0 Å². The Labute approximate surface area is 254 Å². The van der Waals surface area contributed by atoms with Gasteiger partial charge in [-0.3, -0.25) is 14.8 Å². The summed E-state index contributed by atoms with van der Waals surface area (Å²) in [6.07, 6.45) is 1.72. The van der Waals surface area contributed by atoms with Crippen LogP contribution in [0.25, 0.3) is 11.1 Å². The third kappa shape index (κ3) is 7.09. The maximum atomic E-state index is 15.4. The molecule has 12 nitrogen and oxygen atoms in total. The number of carbonyl (C=O) groups is 3. The van der Waals surface area contributed by atoms with Crippen molar-refractivity contribution in [2.45, 2.75) is 77.2 Å². The number of aromatic nitrogens is 2. The van der Waals surface area contributed by atoms with Crippen molar-refractivity contribution in [3.05, 3.63) is 60.4 Å². The standard InChI is InChI=1S/C31H36FN5O7/c1-29(2,3)43-26(38)34-31(12-13-31)24-10-7-19(16-33-24)22-9-8-20(15-23(22)32)36-17-21(42-27(36)39)18-37(25-11-14-41-35-25)28(40)44-30(4,5)6/h7-11,14-16,21H,12-13,17-18H2,1-6H3,(H,34,38)/t21-/m1/s1. The van der Waals surface area contributed by atoms with Gasteiger partial charge in [0, 0.05) is 23.4 Å². The zero-order valence-electron chi connectivity index (χ0n) is 25.5. The summed E-state index contributed by atoms with van der Waals surface area (Å²) in [6, 6.07) is 9.44. The zero-order chi connectivity index (χ0) is 31.9. The van der Waals surface area contributed by atoms with Gasteiger partial charge < -0.3 is 24.1 Å². The number of rotatable bonds is 7. The van der Waals surface area contributed by atoms with E-state index in [9.17, 15) is 14.4 Å². The lowest BCUT2D eigenvalue weighted by Crippen LogP contribution is -2.42. The van der Waals surface area contributed by atoms with Crippen molar-refractivity contribution in [1.29, 1.82) is 0 Å². The van der Waals surface area contributed by atoms with Crippen LogP contribution in [0.1, 0.15) is 60.1 Å². The fourth-order valence-corrected chi connectivity index (χ4v) is 4.77. The third-order valence-corrected chi connectivity index (χ3v) is 6.89. The summed E-state index contributed by atoms with van der Waals surface area (Å²) < 4.78 is 36.6. The summed E-state index contributed by atoms with van der Waals surface area (Å²) in [5.74, 6) is -0.351. The lowest BCUT2D eigenvalue weighted by Gasteiger charge is -2.26. The first-order valence-corrected chi connectivity index (χ1v) is 14.3. The number of hydrogen-bond donors (Lipinski definition) is 1. The largest absolute Gasteiger partial charge is 0.444 e. The van der Waals surface area contributed by atoms with Crippen LogP contribution in [0.3, 0.4) is 0 Å². The third-order valence-electron chi connectivity index (χ3n) is 6.89. The van der Waals surface area contributed by atoms with E-state index < -0.39 is 46.9 Å². The summed E-state index contributed by atoms with van der Waals surface area (Å²) in [7, 11) is 0. The first-order valence-electron chi connectivity index (χ1n) is 14.3. The highest BCUT2D eigenvalue weighted by Gasteiger charge is 2.48. The Balaban J connectivity index is 1.26. The number of pyridine rings is 1. The van der Waals surface area contributed by atoms with E-state index in [0.717, 1.165) is 12.8 Å². The number of anilines is 2. The summed E-state index contributed by atoms with van der Waals surface area (Å²) >= 11 is 0. The molecule has 5 rings (SSSR count). The highest BCUT2D eigenvalue weighted by atomic mass is 19.1. The number of hydrogen-bond acceptors (Lipinski definition) is 9. The normalized spacial score (nSPS) is 17.6. The van der Waals surface area contributed by atoms with E-state index in [2.05, 4.69) is 15.5 Å². The number of nitrogens with zero attached hydrogens (tertiary/aromatic N) is 4. The quantitative estimate of drug-likeness (QED) is 0.313. The number of carbonyl (C=O) groups excluding carboxylic acids is 3. The second-order valence-corrected chi connectivity index (χ2v) is 12.9. The van der Waals surface area contributed by atoms with E-state index >= 15 is 4.39 Å². The molecule has 3 amide bonds. The van der Waals surface area contributed by atoms with Crippen molar-refractivity contribution in [2.24, 2.45) is 0 Å². The Morgan fingerprint density at radius 1 is 1.09 bits per heavy atom. The summed E-state index contributed by atoms with van der Waals surface area (Å²) in [5, 5.41) is 6.73. The van der Waals surface area contributed by atoms with Gasteiger partial charge >= 0.3 is 18.3 Å². The van der Waals surface area contributed by atoms with Gasteiger partial charge in [0.1, 0.15) is 29.4 Å². The van der Waals surface area contributed by atoms with Gasteiger partial charge in [-0.05, 0) is 78.6 Å². The molecule has 234 valence electrons. The average molecular weight is 610 g/mol. The van der Waals surface area contributed by atoms with Crippen LogP contribution in [0.4, 0.5) is 30.3 Å². The van der Waals surface area contributed by atoms with Crippen LogP contribution in [-0.2, 0) is 19.7 Å². The number of amides is 3. The summed E-state index contributed by atoms with van der Waals surface area (Å²) in [5.41, 5.74) is -0.178. The van der Waals surface area contributed by atoms with E-state index in [1.54, 1.807) is 72.0 Å². The fraction of sp³-hybridized carbons (Fsp3) is 0.452. The molecule has 1 atom stereocenters. The number of ether oxygens (including phenoxy) is 3. The molecular weight excluding hydrogens is 573 g/mol. The van der Waals surface area contributed by atoms with Crippen molar-refractivity contribution in [3.8, 4) is 11.1 Å². The Hall–Kier alpha value is -4.68. The molecule has 1 aromatic carbocycles. The number of nitrogens with one attached hydrogen (secondary N) is 1. The molecule has 1 saturated heterocycles. The minimum absolute atomic E-state index is 0.0491. The first-order chi connectivity index (χ1) is 20.6. The molecule has 2 aromatic heterocycles. The summed E-state index contributed by atoms with van der Waals surface area (Å²) in [6.45, 7) is 10.6. The van der Waals surface area contributed by atoms with Crippen molar-refractivity contribution in [3.63, 3.8) is 0 Å². The molecule has 1 N–H and O–H groups in total. The van der Waals surface area contributed by atoms with Gasteiger partial charge in [0.15, 0.2) is 5.82 Å². The second-order valence-electron chi connectivity index (χ2n) is 12.9. The molecular formula is C31H36FN5O7. The number of benzene rings is 1. The highest BCUT2D eigenvalue weighted by Crippen LogP contribution is 2.45. The molecule has 2 fully saturated rings. The monoisotopic (exact) mass is 609 g/mol. The second kappa shape index (κ2) is 11.4. The first kappa shape index (κ1) is 30.8. The molecule has 1 saturated carbocycles. The molecule has 0 unspecified atom stereocenters. The lowest BCUT2D eigenvalue weighted by atomic mass is 10.0. The molecule has 0 spiro atoms. The Bertz CT molecular complexity index is 1530. The number of cyclic esters (lactones) is 1. The SMILES string of the molecule is CC(C)(C)OC(=O)NC1(c2ccc(-c3ccc(N4C[C@H](CN(C(=O)OC(C)(C)C)c5ccon5)OC4=O)cc3F)cn2)CC1. The fourth-order valence-electron chi connectivity index (χ4n) is 4.77. The molecule has 1 aliphatic heterocycles. The van der Waals surface area contributed by atoms with Gasteiger partial charge in [0.25, 0.3) is 0 Å². The molecule has 13 heteroatoms. The van der Waals surface area contributed by atoms with Crippen LogP contribution in [0, 0.1) is 5.82 Å². The number of halogens is 1. The maximum absolute atomic E-state index is 15.4. The van der Waals surface area contributed by atoms with Gasteiger partial charge in [-0.2, -0.15) is 0 Å². The number of alkyl carbamates (subject to hydrolysis) is 1. The van der Waals surface area contributed by atoms with Crippen molar-refractivity contribution >= 4 is 29.8 Å². The van der Waals surface area contributed by atoms with Gasteiger partial charge in [-0.25, -0.2) is 18.8 Å². The van der Waals surface area contributed by atoms with Crippen LogP contribution < -0.4 is 15.1 Å². The van der Waals surface area contributed by atoms with Crippen LogP contribution in [0.5, 0.6) is 0 Å². The Morgan fingerprint density at radius 2 is 1.82 bits per heavy atom. The molecule has 3 heterocycles. The van der Waals surface area contributed by atoms with Crippen LogP contribution in [-0.4, -0.2) is 58.8 Å². The summed E-state index contributed by atoms with van der Waals surface area (Å²) in [4.78, 5) is 45.0. The smallest absolute Gasteiger partial charge is 0.416 e. The predicted molar refractivity (Wildman–Crippen MR) is 158 cm³/mol. The average Bonchev–Trinajstić information content (AvgIpc) is 3.31. The molecule has 0 radical (unpaired) electrons. The van der Waals surface area contributed by atoms with Gasteiger partial charge in [-0.1, -0.05) is 11.2 Å². The molecule has 44 heavy (non-hydrogen) atoms. The van der Waals surface area contributed by atoms with E-state index in [4.69, 9.17) is 18.7 Å². The zero-order valence-corrected chi connectivity index (χ0v) is 25.5. The van der Waals surface area contributed by atoms with E-state index in [0.29, 0.717) is 22.5 Å². The molecule has 2 aliphatic rings.